The van der Waals surface area contributed by atoms with Gasteiger partial charge in [0.2, 0.25) is 0 Å². The maximum atomic E-state index is 17.8. The Morgan fingerprint density at radius 1 is 0.202 bits per heavy atom. The molecule has 0 spiro atoms. The molecule has 0 amide bonds. The minimum atomic E-state index is -0.744. The molecule has 6 heterocycles. The number of halogens is 4. The van der Waals surface area contributed by atoms with Gasteiger partial charge in [-0.25, -0.2) is 47.5 Å². The Morgan fingerprint density at radius 2 is 0.540 bits per heavy atom. The summed E-state index contributed by atoms with van der Waals surface area (Å²) < 4.78 is 74.7. The van der Waals surface area contributed by atoms with E-state index in [9.17, 15) is 0 Å². The molecule has 0 fully saturated rings. The lowest BCUT2D eigenvalue weighted by molar-refractivity contribution is 0.585. The molecule has 594 valence electrons. The van der Waals surface area contributed by atoms with Crippen LogP contribution in [0, 0.1) is 23.3 Å². The molecule has 10 nitrogen and oxygen atoms in total. The molecule has 6 aromatic heterocycles. The fourth-order valence-electron chi connectivity index (χ4n) is 18.1. The van der Waals surface area contributed by atoms with Crippen molar-refractivity contribution in [1.29, 1.82) is 0 Å². The van der Waals surface area contributed by atoms with Crippen LogP contribution in [0.3, 0.4) is 0 Å². The number of benzene rings is 16. The van der Waals surface area contributed by atoms with Gasteiger partial charge in [-0.2, -0.15) is 0 Å². The van der Waals surface area contributed by atoms with Gasteiger partial charge in [-0.1, -0.05) is 260 Å². The minimum Gasteiger partial charge on any atom is -0.309 e. The number of fused-ring (bicyclic) bond motifs is 12. The van der Waals surface area contributed by atoms with Gasteiger partial charge in [-0.15, -0.1) is 0 Å². The molecule has 0 aliphatic rings. The second-order valence-corrected chi connectivity index (χ2v) is 34.0. The van der Waals surface area contributed by atoms with Crippen molar-refractivity contribution in [1.82, 2.24) is 48.2 Å². The van der Waals surface area contributed by atoms with Crippen LogP contribution in [0.4, 0.5) is 17.6 Å². The molecule has 0 aliphatic heterocycles. The molecule has 22 rings (SSSR count). The van der Waals surface area contributed by atoms with E-state index in [0.717, 1.165) is 144 Å². The molecule has 0 N–H and O–H groups in total. The maximum Gasteiger partial charge on any atom is 0.166 e. The Hall–Kier alpha value is -15.5. The van der Waals surface area contributed by atoms with Crippen LogP contribution in [-0.4, -0.2) is 48.2 Å². The van der Waals surface area contributed by atoms with Crippen molar-refractivity contribution in [3.63, 3.8) is 0 Å². The highest BCUT2D eigenvalue weighted by Crippen LogP contribution is 2.49. The van der Waals surface area contributed by atoms with E-state index in [-0.39, 0.29) is 22.0 Å². The van der Waals surface area contributed by atoms with Crippen molar-refractivity contribution in [2.75, 3.05) is 0 Å². The van der Waals surface area contributed by atoms with E-state index in [2.05, 4.69) is 218 Å². The van der Waals surface area contributed by atoms with E-state index < -0.39 is 23.3 Å². The fraction of sp³-hybridized carbons (Fsp3) is 0.0727. The standard InChI is InChI=1S/C110H76F4N10/c1-109(2,3)71-41-53-96-88(57-71)89-58-72(110(4,5)6)42-54-97(89)123(96)102-64-87(78-50-44-74(112)60-92(78)114)86(63-90(102)108-119-105(67-29-15-9-16-30-67)116-106(120-108)68-31-17-10-18-32-68)70-39-47-82-81-35-21-24-38-95(81)122(98(82)56-70)76-46-52-84-83-51-45-75(121-93-36-22-19-33-79(93)80-34-20-23-37-94(80)121)61-100(83)124(101(84)62-76)99-55-69(77-49-43-73(111)59-91(77)113)40-48-85(99)107-117-103(65-25-11-7-12-26-65)115-104(118-107)66-27-13-8-14-28-66/h7-64H,1-6H3. The SMILES string of the molecule is CC(C)(C)c1ccc2c(c1)c1cc(C(C)(C)C)ccc1n2-c1cc(-c2ccc(F)cc2F)c(-c2ccc3c4ccccc4n(-c4ccc5c6ccc(-n7c8ccccc8c8ccccc87)cc6n(-c6cc(-c7ccc(F)cc7F)ccc6-c6nc(-c7ccccc7)nc(-c7ccccc7)n6)c5c4)c3c2)cc1-c1nc(-c2ccccc2)nc(-c2ccccc2)n1. The normalized spacial score (nSPS) is 12.1. The van der Waals surface area contributed by atoms with Crippen molar-refractivity contribution < 1.29 is 17.6 Å². The van der Waals surface area contributed by atoms with Crippen molar-refractivity contribution in [3.05, 3.63) is 386 Å². The largest absolute Gasteiger partial charge is 0.309 e. The van der Waals surface area contributed by atoms with Crippen LogP contribution in [0.2, 0.25) is 0 Å². The van der Waals surface area contributed by atoms with Crippen molar-refractivity contribution >= 4 is 87.2 Å². The lowest BCUT2D eigenvalue weighted by Crippen LogP contribution is -2.10. The van der Waals surface area contributed by atoms with Crippen LogP contribution in [0.25, 0.3) is 212 Å². The number of aromatic nitrogens is 10. The fourth-order valence-corrected chi connectivity index (χ4v) is 18.1. The number of nitrogens with zero attached hydrogens (tertiary/aromatic N) is 10. The molecular weight excluding hydrogens is 1540 g/mol. The van der Waals surface area contributed by atoms with Gasteiger partial charge in [0.1, 0.15) is 23.3 Å². The van der Waals surface area contributed by atoms with Crippen LogP contribution in [0.5, 0.6) is 0 Å². The third-order valence-corrected chi connectivity index (χ3v) is 24.3. The Bertz CT molecular complexity index is 7880. The average Bonchev–Trinajstić information content (AvgIpc) is 1.54. The Balaban J connectivity index is 0.834. The predicted molar refractivity (Wildman–Crippen MR) is 497 cm³/mol. The molecular formula is C110H76F4N10. The van der Waals surface area contributed by atoms with Crippen LogP contribution in [0.1, 0.15) is 52.7 Å². The second kappa shape index (κ2) is 29.1. The molecule has 0 saturated heterocycles. The zero-order chi connectivity index (χ0) is 84.0. The number of para-hydroxylation sites is 3. The monoisotopic (exact) mass is 1610 g/mol. The lowest BCUT2D eigenvalue weighted by Gasteiger charge is -2.21. The molecule has 14 heteroatoms. The summed E-state index contributed by atoms with van der Waals surface area (Å²) in [6.45, 7) is 13.4. The summed E-state index contributed by atoms with van der Waals surface area (Å²) in [4.78, 5) is 32.1. The number of rotatable bonds is 13. The van der Waals surface area contributed by atoms with Gasteiger partial charge in [0.25, 0.3) is 0 Å². The van der Waals surface area contributed by atoms with Gasteiger partial charge in [0.15, 0.2) is 34.9 Å². The number of hydrogen-bond donors (Lipinski definition) is 0. The van der Waals surface area contributed by atoms with Crippen LogP contribution in [-0.2, 0) is 10.8 Å². The van der Waals surface area contributed by atoms with E-state index in [4.69, 9.17) is 29.9 Å². The molecule has 22 aromatic rings. The summed E-state index contributed by atoms with van der Waals surface area (Å²) in [6.07, 6.45) is 0. The molecule has 0 saturated carbocycles. The van der Waals surface area contributed by atoms with Gasteiger partial charge in [-0.05, 0) is 166 Å². The van der Waals surface area contributed by atoms with Crippen molar-refractivity contribution in [2.24, 2.45) is 0 Å². The minimum absolute atomic E-state index is 0.177. The first-order valence-electron chi connectivity index (χ1n) is 41.6. The van der Waals surface area contributed by atoms with E-state index >= 15 is 17.6 Å². The Labute approximate surface area is 711 Å². The summed E-state index contributed by atoms with van der Waals surface area (Å²) in [5.41, 5.74) is 19.0. The average molecular weight is 1610 g/mol. The summed E-state index contributed by atoms with van der Waals surface area (Å²) in [5, 5.41) is 8.00. The second-order valence-electron chi connectivity index (χ2n) is 34.0. The molecule has 124 heavy (non-hydrogen) atoms. The maximum absolute atomic E-state index is 17.8. The van der Waals surface area contributed by atoms with E-state index in [0.29, 0.717) is 79.7 Å². The summed E-state index contributed by atoms with van der Waals surface area (Å²) in [6, 6.07) is 115. The van der Waals surface area contributed by atoms with E-state index in [1.54, 1.807) is 0 Å². The molecule has 0 aliphatic carbocycles. The molecule has 0 atom stereocenters. The zero-order valence-electron chi connectivity index (χ0n) is 68.5. The highest BCUT2D eigenvalue weighted by Gasteiger charge is 2.30. The highest BCUT2D eigenvalue weighted by atomic mass is 19.1. The van der Waals surface area contributed by atoms with Gasteiger partial charge < -0.3 is 18.3 Å². The first-order valence-corrected chi connectivity index (χ1v) is 41.6. The van der Waals surface area contributed by atoms with Gasteiger partial charge in [0.05, 0.1) is 55.5 Å². The molecule has 16 aromatic carbocycles. The third kappa shape index (κ3) is 12.7. The molecule has 0 radical (unpaired) electrons. The summed E-state index contributed by atoms with van der Waals surface area (Å²) in [5.74, 6) is -0.365. The first kappa shape index (κ1) is 74.7. The molecule has 0 bridgehead atoms. The zero-order valence-corrected chi connectivity index (χ0v) is 68.5. The Morgan fingerprint density at radius 3 is 0.984 bits per heavy atom. The van der Waals surface area contributed by atoms with Gasteiger partial charge in [-0.3, -0.25) is 0 Å². The summed E-state index contributed by atoms with van der Waals surface area (Å²) >= 11 is 0. The highest BCUT2D eigenvalue weighted by molar-refractivity contribution is 6.16. The smallest absolute Gasteiger partial charge is 0.166 e. The number of hydrogen-bond acceptors (Lipinski definition) is 6. The van der Waals surface area contributed by atoms with Gasteiger partial charge >= 0.3 is 0 Å². The van der Waals surface area contributed by atoms with Gasteiger partial charge in [0, 0.05) is 111 Å². The lowest BCUT2D eigenvalue weighted by atomic mass is 9.85. The molecule has 0 unspecified atom stereocenters. The predicted octanol–water partition coefficient (Wildman–Crippen LogP) is 28.6. The van der Waals surface area contributed by atoms with Crippen LogP contribution >= 0.6 is 0 Å². The van der Waals surface area contributed by atoms with Crippen molar-refractivity contribution in [3.8, 4) is 124 Å². The third-order valence-electron chi connectivity index (χ3n) is 24.3. The Kier molecular flexibility index (Phi) is 17.6. The van der Waals surface area contributed by atoms with E-state index in [1.165, 1.54) is 24.3 Å². The summed E-state index contributed by atoms with van der Waals surface area (Å²) in [7, 11) is 0. The van der Waals surface area contributed by atoms with Crippen LogP contribution < -0.4 is 0 Å². The first-order chi connectivity index (χ1) is 60.4. The topological polar surface area (TPSA) is 97.1 Å². The van der Waals surface area contributed by atoms with Crippen LogP contribution in [0.15, 0.2) is 352 Å². The van der Waals surface area contributed by atoms with Crippen molar-refractivity contribution in [2.45, 2.75) is 52.4 Å². The quantitative estimate of drug-likeness (QED) is 0.107. The van der Waals surface area contributed by atoms with E-state index in [1.807, 2.05) is 158 Å².